The zero-order valence-electron chi connectivity index (χ0n) is 13.7. The second kappa shape index (κ2) is 6.42. The first-order chi connectivity index (χ1) is 11.3. The van der Waals surface area contributed by atoms with Gasteiger partial charge in [0.1, 0.15) is 0 Å². The average molecular weight is 312 g/mol. The maximum atomic E-state index is 5.99. The maximum absolute atomic E-state index is 5.99. The number of fused-ring (bicyclic) bond motifs is 1. The third-order valence-corrected chi connectivity index (χ3v) is 4.78. The second-order valence-corrected chi connectivity index (χ2v) is 6.86. The minimum Gasteiger partial charge on any atom is -0.380 e. The minimum absolute atomic E-state index is 0.397. The Hall–Kier alpha value is -1.72. The lowest BCUT2D eigenvalue weighted by Gasteiger charge is -2.32. The van der Waals surface area contributed by atoms with Gasteiger partial charge >= 0.3 is 0 Å². The van der Waals surface area contributed by atoms with Crippen molar-refractivity contribution in [1.29, 1.82) is 0 Å². The normalized spacial score (nSPS) is 21.3. The van der Waals surface area contributed by atoms with Crippen molar-refractivity contribution in [3.05, 3.63) is 47.8 Å². The predicted octanol–water partition coefficient (Wildman–Crippen LogP) is 2.34. The third kappa shape index (κ3) is 3.46. The molecular formula is C18H24N4O. The van der Waals surface area contributed by atoms with Crippen molar-refractivity contribution in [2.45, 2.75) is 31.8 Å². The highest BCUT2D eigenvalue weighted by Crippen LogP contribution is 2.31. The van der Waals surface area contributed by atoms with E-state index in [9.17, 15) is 0 Å². The van der Waals surface area contributed by atoms with Crippen LogP contribution in [0.3, 0.4) is 0 Å². The van der Waals surface area contributed by atoms with E-state index in [1.54, 1.807) is 0 Å². The van der Waals surface area contributed by atoms with E-state index in [1.807, 2.05) is 18.6 Å². The largest absolute Gasteiger partial charge is 0.380 e. The number of pyridine rings is 1. The van der Waals surface area contributed by atoms with Gasteiger partial charge in [0.25, 0.3) is 0 Å². The van der Waals surface area contributed by atoms with Gasteiger partial charge < -0.3 is 9.30 Å². The molecule has 1 atom stereocenters. The molecule has 5 nitrogen and oxygen atoms in total. The van der Waals surface area contributed by atoms with Crippen LogP contribution < -0.4 is 0 Å². The van der Waals surface area contributed by atoms with Crippen molar-refractivity contribution in [2.24, 2.45) is 13.0 Å². The Kier molecular flexibility index (Phi) is 4.14. The van der Waals surface area contributed by atoms with Gasteiger partial charge in [0.2, 0.25) is 0 Å². The van der Waals surface area contributed by atoms with Gasteiger partial charge in [-0.3, -0.25) is 9.88 Å². The van der Waals surface area contributed by atoms with Crippen LogP contribution in [0, 0.1) is 5.92 Å². The van der Waals surface area contributed by atoms with Gasteiger partial charge in [-0.2, -0.15) is 0 Å². The molecule has 1 saturated carbocycles. The van der Waals surface area contributed by atoms with Crippen LogP contribution in [0.25, 0.3) is 0 Å². The Morgan fingerprint density at radius 3 is 2.91 bits per heavy atom. The van der Waals surface area contributed by atoms with Crippen LogP contribution in [-0.2, 0) is 24.9 Å². The zero-order chi connectivity index (χ0) is 15.6. The van der Waals surface area contributed by atoms with E-state index in [4.69, 9.17) is 4.74 Å². The van der Waals surface area contributed by atoms with Gasteiger partial charge in [0.15, 0.2) is 0 Å². The Labute approximate surface area is 137 Å². The molecule has 122 valence electrons. The zero-order valence-corrected chi connectivity index (χ0v) is 13.7. The summed E-state index contributed by atoms with van der Waals surface area (Å²) in [6.45, 7) is 4.49. The number of aromatic nitrogens is 3. The van der Waals surface area contributed by atoms with E-state index in [-0.39, 0.29) is 0 Å². The van der Waals surface area contributed by atoms with E-state index < -0.39 is 0 Å². The molecule has 0 spiro atoms. The van der Waals surface area contributed by atoms with E-state index in [1.165, 1.54) is 24.2 Å². The van der Waals surface area contributed by atoms with Crippen molar-refractivity contribution in [2.75, 3.05) is 19.8 Å². The summed E-state index contributed by atoms with van der Waals surface area (Å²) in [5.74, 6) is 1.21. The highest BCUT2D eigenvalue weighted by molar-refractivity contribution is 5.22. The fourth-order valence-electron chi connectivity index (χ4n) is 3.44. The van der Waals surface area contributed by atoms with Crippen molar-refractivity contribution < 1.29 is 4.74 Å². The lowest BCUT2D eigenvalue weighted by Crippen LogP contribution is -2.36. The molecule has 0 bridgehead atoms. The molecule has 1 aliphatic heterocycles. The third-order valence-electron chi connectivity index (χ3n) is 4.78. The first kappa shape index (κ1) is 14.8. The van der Waals surface area contributed by atoms with Gasteiger partial charge in [-0.15, -0.1) is 0 Å². The molecule has 2 aliphatic rings. The van der Waals surface area contributed by atoms with Gasteiger partial charge in [-0.1, -0.05) is 6.07 Å². The molecule has 23 heavy (non-hydrogen) atoms. The molecule has 3 heterocycles. The summed E-state index contributed by atoms with van der Waals surface area (Å²) < 4.78 is 8.16. The van der Waals surface area contributed by atoms with Crippen LogP contribution in [0.1, 0.15) is 35.8 Å². The Morgan fingerprint density at radius 2 is 2.13 bits per heavy atom. The second-order valence-electron chi connectivity index (χ2n) is 6.86. The number of hydrogen-bond donors (Lipinski definition) is 0. The summed E-state index contributed by atoms with van der Waals surface area (Å²) in [7, 11) is 2.09. The van der Waals surface area contributed by atoms with Gasteiger partial charge in [-0.25, -0.2) is 4.98 Å². The van der Waals surface area contributed by atoms with Crippen LogP contribution in [-0.4, -0.2) is 39.2 Å². The number of imidazole rings is 1. The molecule has 1 fully saturated rings. The summed E-state index contributed by atoms with van der Waals surface area (Å²) in [6, 6.07) is 6.10. The molecule has 2 aromatic rings. The lowest BCUT2D eigenvalue weighted by atomic mass is 9.98. The van der Waals surface area contributed by atoms with Crippen LogP contribution in [0.2, 0.25) is 0 Å². The van der Waals surface area contributed by atoms with E-state index in [2.05, 4.69) is 38.6 Å². The molecule has 0 amide bonds. The molecular weight excluding hydrogens is 288 g/mol. The van der Waals surface area contributed by atoms with Crippen LogP contribution in [0.4, 0.5) is 0 Å². The fourth-order valence-corrected chi connectivity index (χ4v) is 3.44. The maximum Gasteiger partial charge on any atom is 0.0949 e. The highest BCUT2D eigenvalue weighted by Gasteiger charge is 2.30. The summed E-state index contributed by atoms with van der Waals surface area (Å²) >= 11 is 0. The van der Waals surface area contributed by atoms with Crippen LogP contribution >= 0.6 is 0 Å². The predicted molar refractivity (Wildman–Crippen MR) is 87.8 cm³/mol. The fraction of sp³-hybridized carbons (Fsp3) is 0.556. The Morgan fingerprint density at radius 1 is 1.22 bits per heavy atom. The SMILES string of the molecule is Cn1cnc2c1C(COCC1CC1)CN(Cc1ccccn1)C2. The number of aryl methyl sites for hydroxylation is 1. The monoisotopic (exact) mass is 312 g/mol. The summed E-state index contributed by atoms with van der Waals surface area (Å²) in [5, 5.41) is 0. The standard InChI is InChI=1S/C18H24N4O/c1-21-13-20-17-10-22(9-16-4-2-3-7-19-16)8-15(18(17)21)12-23-11-14-5-6-14/h2-4,7,13-15H,5-6,8-12H2,1H3. The first-order valence-corrected chi connectivity index (χ1v) is 8.49. The van der Waals surface area contributed by atoms with Gasteiger partial charge in [0, 0.05) is 51.1 Å². The molecule has 1 aliphatic carbocycles. The summed E-state index contributed by atoms with van der Waals surface area (Å²) in [4.78, 5) is 11.5. The number of hydrogen-bond acceptors (Lipinski definition) is 4. The van der Waals surface area contributed by atoms with E-state index >= 15 is 0 Å². The number of nitrogens with zero attached hydrogens (tertiary/aromatic N) is 4. The smallest absolute Gasteiger partial charge is 0.0949 e. The minimum atomic E-state index is 0.397. The summed E-state index contributed by atoms with van der Waals surface area (Å²) in [5.41, 5.74) is 3.65. The van der Waals surface area contributed by atoms with E-state index in [0.717, 1.165) is 44.5 Å². The number of rotatable bonds is 6. The topological polar surface area (TPSA) is 43.2 Å². The molecule has 0 N–H and O–H groups in total. The highest BCUT2D eigenvalue weighted by atomic mass is 16.5. The van der Waals surface area contributed by atoms with Crippen molar-refractivity contribution in [3.63, 3.8) is 0 Å². The summed E-state index contributed by atoms with van der Waals surface area (Å²) in [6.07, 6.45) is 6.48. The van der Waals surface area contributed by atoms with Crippen molar-refractivity contribution in [1.82, 2.24) is 19.4 Å². The lowest BCUT2D eigenvalue weighted by molar-refractivity contribution is 0.0865. The Bertz CT molecular complexity index is 650. The van der Waals surface area contributed by atoms with Crippen LogP contribution in [0.15, 0.2) is 30.7 Å². The molecule has 5 heteroatoms. The molecule has 0 aromatic carbocycles. The average Bonchev–Trinajstić information content (AvgIpc) is 3.31. The van der Waals surface area contributed by atoms with Crippen molar-refractivity contribution >= 4 is 0 Å². The number of ether oxygens (including phenoxy) is 1. The molecule has 0 saturated heterocycles. The first-order valence-electron chi connectivity index (χ1n) is 8.49. The van der Waals surface area contributed by atoms with Gasteiger partial charge in [-0.05, 0) is 30.9 Å². The van der Waals surface area contributed by atoms with E-state index in [0.29, 0.717) is 5.92 Å². The van der Waals surface area contributed by atoms with Crippen molar-refractivity contribution in [3.8, 4) is 0 Å². The molecule has 0 radical (unpaired) electrons. The quantitative estimate of drug-likeness (QED) is 0.821. The Balaban J connectivity index is 1.46. The molecule has 4 rings (SSSR count). The van der Waals surface area contributed by atoms with Gasteiger partial charge in [0.05, 0.1) is 24.3 Å². The molecule has 1 unspecified atom stereocenters. The van der Waals surface area contributed by atoms with Crippen LogP contribution in [0.5, 0.6) is 0 Å². The molecule has 2 aromatic heterocycles.